The van der Waals surface area contributed by atoms with E-state index in [-0.39, 0.29) is 12.5 Å². The number of nitrogens with zero attached hydrogens (tertiary/aromatic N) is 1. The SMILES string of the molecule is CCCCCCCCCCCCCCCC/C=C/CC/C=C/C(O)C(COP(=O)([O-])OCC[N+](C)(C)C)NC(=O)CCCCCCCCCCCCCCCCCCC/C=C\C/C=C\CCCCCCCCCCCCCCCCC. The molecule has 0 saturated heterocycles. The maximum Gasteiger partial charge on any atom is 0.268 e. The normalized spacial score (nSPS) is 13.9. The first-order valence-corrected chi connectivity index (χ1v) is 37.0. The average Bonchev–Trinajstić information content (AvgIpc) is 3.43. The summed E-state index contributed by atoms with van der Waals surface area (Å²) >= 11 is 0. The number of likely N-dealkylation sites (N-methyl/N-ethyl adjacent to an activating group) is 1. The van der Waals surface area contributed by atoms with Gasteiger partial charge in [-0.2, -0.15) is 0 Å². The second-order valence-electron chi connectivity index (χ2n) is 25.6. The number of phosphoric ester groups is 1. The predicted molar refractivity (Wildman–Crippen MR) is 353 cm³/mol. The molecule has 2 N–H and O–H groups in total. The van der Waals surface area contributed by atoms with Crippen LogP contribution in [0.2, 0.25) is 0 Å². The number of phosphoric acid groups is 1. The minimum atomic E-state index is -4.61. The highest BCUT2D eigenvalue weighted by molar-refractivity contribution is 7.45. The molecule has 0 aromatic rings. The molecule has 0 spiro atoms. The van der Waals surface area contributed by atoms with E-state index in [1.165, 1.54) is 289 Å². The van der Waals surface area contributed by atoms with E-state index in [0.717, 1.165) is 44.9 Å². The van der Waals surface area contributed by atoms with Crippen molar-refractivity contribution in [1.29, 1.82) is 0 Å². The molecule has 3 unspecified atom stereocenters. The Labute approximate surface area is 505 Å². The lowest BCUT2D eigenvalue weighted by molar-refractivity contribution is -0.870. The summed E-state index contributed by atoms with van der Waals surface area (Å²) in [6.07, 6.45) is 85.4. The number of allylic oxidation sites excluding steroid dienone is 7. The maximum absolute atomic E-state index is 13.0. The Hall–Kier alpha value is -1.54. The van der Waals surface area contributed by atoms with Crippen molar-refractivity contribution >= 4 is 13.7 Å². The first-order valence-electron chi connectivity index (χ1n) is 35.5. The minimum Gasteiger partial charge on any atom is -0.756 e. The van der Waals surface area contributed by atoms with Crippen molar-refractivity contribution in [2.45, 2.75) is 366 Å². The smallest absolute Gasteiger partial charge is 0.268 e. The highest BCUT2D eigenvalue weighted by atomic mass is 31.2. The Morgan fingerprint density at radius 2 is 0.728 bits per heavy atom. The van der Waals surface area contributed by atoms with Gasteiger partial charge in [0.15, 0.2) is 0 Å². The van der Waals surface area contributed by atoms with Crippen molar-refractivity contribution in [1.82, 2.24) is 5.32 Å². The number of hydrogen-bond acceptors (Lipinski definition) is 6. The second-order valence-corrected chi connectivity index (χ2v) is 27.0. The summed E-state index contributed by atoms with van der Waals surface area (Å²) in [6, 6.07) is -0.905. The molecule has 0 saturated carbocycles. The lowest BCUT2D eigenvalue weighted by atomic mass is 10.0. The third kappa shape index (κ3) is 65.9. The summed E-state index contributed by atoms with van der Waals surface area (Å²) in [7, 11) is 1.25. The molecular formula is C72H139N2O6P. The number of amides is 1. The van der Waals surface area contributed by atoms with Crippen LogP contribution in [-0.2, 0) is 18.4 Å². The number of carbonyl (C=O) groups excluding carboxylic acids is 1. The zero-order valence-corrected chi connectivity index (χ0v) is 55.6. The molecule has 0 fully saturated rings. The van der Waals surface area contributed by atoms with Crippen LogP contribution in [0.3, 0.4) is 0 Å². The highest BCUT2D eigenvalue weighted by Crippen LogP contribution is 2.38. The van der Waals surface area contributed by atoms with Gasteiger partial charge in [-0.3, -0.25) is 9.36 Å². The van der Waals surface area contributed by atoms with Gasteiger partial charge in [0.25, 0.3) is 7.82 Å². The molecule has 81 heavy (non-hydrogen) atoms. The monoisotopic (exact) mass is 1160 g/mol. The van der Waals surface area contributed by atoms with Gasteiger partial charge in [0, 0.05) is 6.42 Å². The Morgan fingerprint density at radius 1 is 0.432 bits per heavy atom. The van der Waals surface area contributed by atoms with Crippen molar-refractivity contribution in [3.63, 3.8) is 0 Å². The Morgan fingerprint density at radius 3 is 1.07 bits per heavy atom. The second kappa shape index (κ2) is 63.0. The van der Waals surface area contributed by atoms with Crippen LogP contribution in [0.4, 0.5) is 0 Å². The lowest BCUT2D eigenvalue weighted by Gasteiger charge is -2.29. The van der Waals surface area contributed by atoms with Crippen LogP contribution in [0, 0.1) is 0 Å². The fourth-order valence-electron chi connectivity index (χ4n) is 10.7. The number of carbonyl (C=O) groups is 1. The van der Waals surface area contributed by atoms with Crippen molar-refractivity contribution in [2.24, 2.45) is 0 Å². The van der Waals surface area contributed by atoms with E-state index in [2.05, 4.69) is 55.6 Å². The Bertz CT molecular complexity index is 1460. The first-order chi connectivity index (χ1) is 39.5. The Kier molecular flexibility index (Phi) is 61.8. The first kappa shape index (κ1) is 79.5. The Balaban J connectivity index is 3.98. The van der Waals surface area contributed by atoms with E-state index in [1.54, 1.807) is 6.08 Å². The lowest BCUT2D eigenvalue weighted by Crippen LogP contribution is -2.45. The molecular weight excluding hydrogens is 1020 g/mol. The van der Waals surface area contributed by atoms with Gasteiger partial charge in [-0.25, -0.2) is 0 Å². The van der Waals surface area contributed by atoms with Crippen molar-refractivity contribution in [3.8, 4) is 0 Å². The molecule has 1 amide bonds. The van der Waals surface area contributed by atoms with Crippen LogP contribution in [-0.4, -0.2) is 68.5 Å². The molecule has 0 aliphatic heterocycles. The largest absolute Gasteiger partial charge is 0.756 e. The van der Waals surface area contributed by atoms with Crippen LogP contribution < -0.4 is 10.2 Å². The molecule has 0 heterocycles. The molecule has 478 valence electrons. The molecule has 3 atom stereocenters. The fraction of sp³-hybridized carbons (Fsp3) is 0.875. The fourth-order valence-corrected chi connectivity index (χ4v) is 11.5. The molecule has 0 aliphatic carbocycles. The van der Waals surface area contributed by atoms with E-state index in [0.29, 0.717) is 17.4 Å². The molecule has 8 nitrogen and oxygen atoms in total. The van der Waals surface area contributed by atoms with Crippen LogP contribution in [0.15, 0.2) is 48.6 Å². The number of aliphatic hydroxyl groups excluding tert-OH is 1. The molecule has 0 radical (unpaired) electrons. The van der Waals surface area contributed by atoms with Gasteiger partial charge >= 0.3 is 0 Å². The van der Waals surface area contributed by atoms with E-state index in [4.69, 9.17) is 9.05 Å². The zero-order chi connectivity index (χ0) is 59.1. The summed E-state index contributed by atoms with van der Waals surface area (Å²) in [5, 5.41) is 13.9. The molecule has 0 aromatic carbocycles. The van der Waals surface area contributed by atoms with Crippen molar-refractivity contribution in [3.05, 3.63) is 48.6 Å². The van der Waals surface area contributed by atoms with Gasteiger partial charge < -0.3 is 28.8 Å². The average molecular weight is 1160 g/mol. The minimum absolute atomic E-state index is 0.00574. The molecule has 9 heteroatoms. The van der Waals surface area contributed by atoms with Crippen molar-refractivity contribution < 1.29 is 32.9 Å². The van der Waals surface area contributed by atoms with E-state index < -0.39 is 26.6 Å². The third-order valence-corrected chi connectivity index (χ3v) is 17.2. The third-order valence-electron chi connectivity index (χ3n) is 16.3. The van der Waals surface area contributed by atoms with Crippen LogP contribution >= 0.6 is 7.82 Å². The van der Waals surface area contributed by atoms with Crippen LogP contribution in [0.1, 0.15) is 354 Å². The molecule has 0 aromatic heterocycles. The summed E-state index contributed by atoms with van der Waals surface area (Å²) in [5.41, 5.74) is 0. The van der Waals surface area contributed by atoms with E-state index >= 15 is 0 Å². The summed E-state index contributed by atoms with van der Waals surface area (Å²) < 4.78 is 23.4. The van der Waals surface area contributed by atoms with Gasteiger partial charge in [-0.05, 0) is 64.2 Å². The van der Waals surface area contributed by atoms with Gasteiger partial charge in [0.1, 0.15) is 13.2 Å². The summed E-state index contributed by atoms with van der Waals surface area (Å²) in [6.45, 7) is 4.68. The number of unbranched alkanes of at least 4 members (excludes halogenated alkanes) is 47. The number of aliphatic hydroxyl groups is 1. The van der Waals surface area contributed by atoms with E-state index in [9.17, 15) is 19.4 Å². The topological polar surface area (TPSA) is 108 Å². The molecule has 0 bridgehead atoms. The molecule has 0 rings (SSSR count). The standard InChI is InChI=1S/C72H139N2O6P/c1-6-8-10-12-14-16-18-20-22-24-26-28-29-30-31-32-33-34-35-36-37-38-39-40-41-42-43-44-45-46-48-50-52-54-56-58-60-62-64-66-72(76)73-70(69-80-81(77,78)79-68-67-74(3,4)5)71(75)65-63-61-59-57-55-53-51-49-47-27-25-23-21-19-17-15-13-11-9-7-2/h33-34,36-37,55,57,63,65,70-71,75H,6-32,35,38-54,56,58-62,64,66-69H2,1-5H3,(H-,73,76,77,78)/b34-33-,37-36-,57-55+,65-63+. The zero-order valence-electron chi connectivity index (χ0n) is 54.8. The number of quaternary nitrogens is 1. The van der Waals surface area contributed by atoms with Gasteiger partial charge in [-0.1, -0.05) is 332 Å². The van der Waals surface area contributed by atoms with Crippen LogP contribution in [0.25, 0.3) is 0 Å². The highest BCUT2D eigenvalue weighted by Gasteiger charge is 2.23. The van der Waals surface area contributed by atoms with Gasteiger partial charge in [-0.15, -0.1) is 0 Å². The number of hydrogen-bond donors (Lipinski definition) is 2. The quantitative estimate of drug-likeness (QED) is 0.0272. The van der Waals surface area contributed by atoms with Crippen LogP contribution in [0.5, 0.6) is 0 Å². The van der Waals surface area contributed by atoms with E-state index in [1.807, 2.05) is 27.2 Å². The van der Waals surface area contributed by atoms with Gasteiger partial charge in [0.05, 0.1) is 39.9 Å². The van der Waals surface area contributed by atoms with Gasteiger partial charge in [0.2, 0.25) is 5.91 Å². The molecule has 0 aliphatic rings. The summed E-state index contributed by atoms with van der Waals surface area (Å²) in [4.78, 5) is 25.6. The number of rotatable bonds is 66. The summed E-state index contributed by atoms with van der Waals surface area (Å²) in [5.74, 6) is -0.202. The predicted octanol–water partition coefficient (Wildman–Crippen LogP) is 22.0. The van der Waals surface area contributed by atoms with Crippen molar-refractivity contribution in [2.75, 3.05) is 40.9 Å². The number of nitrogens with one attached hydrogen (secondary N) is 1. The maximum atomic E-state index is 13.0.